The highest BCUT2D eigenvalue weighted by atomic mass is 16.4. The van der Waals surface area contributed by atoms with Gasteiger partial charge in [-0.15, -0.1) is 0 Å². The number of carbonyl (C=O) groups excluding carboxylic acids is 2. The highest BCUT2D eigenvalue weighted by molar-refractivity contribution is 6.01. The summed E-state index contributed by atoms with van der Waals surface area (Å²) in [6, 6.07) is 5.79. The van der Waals surface area contributed by atoms with E-state index >= 15 is 0 Å². The summed E-state index contributed by atoms with van der Waals surface area (Å²) in [6.45, 7) is 1.96. The van der Waals surface area contributed by atoms with Crippen LogP contribution in [0.1, 0.15) is 17.3 Å². The van der Waals surface area contributed by atoms with Crippen molar-refractivity contribution in [2.75, 3.05) is 25.0 Å². The van der Waals surface area contributed by atoms with Gasteiger partial charge in [-0.3, -0.25) is 9.69 Å². The molecule has 1 aromatic carbocycles. The van der Waals surface area contributed by atoms with E-state index < -0.39 is 12.0 Å². The second-order valence-electron chi connectivity index (χ2n) is 4.10. The molecule has 0 radical (unpaired) electrons. The van der Waals surface area contributed by atoms with Crippen molar-refractivity contribution in [2.24, 2.45) is 0 Å². The molecule has 0 aromatic heterocycles. The molecule has 7 nitrogen and oxygen atoms in total. The van der Waals surface area contributed by atoms with E-state index in [2.05, 4.69) is 10.6 Å². The Hall–Kier alpha value is -2.57. The number of hydrogen-bond acceptors (Lipinski definition) is 3. The molecule has 0 saturated carbocycles. The summed E-state index contributed by atoms with van der Waals surface area (Å²) < 4.78 is 0. The van der Waals surface area contributed by atoms with Crippen LogP contribution in [0.25, 0.3) is 0 Å². The molecule has 0 heterocycles. The van der Waals surface area contributed by atoms with Gasteiger partial charge in [0.05, 0.1) is 11.3 Å². The maximum absolute atomic E-state index is 11.9. The van der Waals surface area contributed by atoms with Crippen molar-refractivity contribution in [3.63, 3.8) is 0 Å². The standard InChI is InChI=1S/C13H17N3O4/c1-9(17)14-7-8-15-13(20)16(2)11-6-4-3-5-10(11)12(18)19/h3-6H,7-8H2,1-2H3,(H,14,17)(H,15,20)(H,18,19). The summed E-state index contributed by atoms with van der Waals surface area (Å²) in [5.41, 5.74) is 0.351. The fourth-order valence-electron chi connectivity index (χ4n) is 1.58. The number of hydrogen-bond donors (Lipinski definition) is 3. The Balaban J connectivity index is 2.65. The number of urea groups is 1. The zero-order valence-electron chi connectivity index (χ0n) is 11.3. The number of aromatic carboxylic acids is 1. The van der Waals surface area contributed by atoms with Gasteiger partial charge in [0, 0.05) is 27.1 Å². The van der Waals surface area contributed by atoms with Crippen LogP contribution in [0.5, 0.6) is 0 Å². The van der Waals surface area contributed by atoms with Crippen LogP contribution in [0.4, 0.5) is 10.5 Å². The molecule has 0 spiro atoms. The van der Waals surface area contributed by atoms with Gasteiger partial charge in [-0.1, -0.05) is 12.1 Å². The van der Waals surface area contributed by atoms with Gasteiger partial charge in [-0.05, 0) is 12.1 Å². The van der Waals surface area contributed by atoms with E-state index in [1.807, 2.05) is 0 Å². The van der Waals surface area contributed by atoms with Gasteiger partial charge in [0.15, 0.2) is 0 Å². The fraction of sp³-hybridized carbons (Fsp3) is 0.308. The van der Waals surface area contributed by atoms with E-state index in [1.54, 1.807) is 18.2 Å². The van der Waals surface area contributed by atoms with Crippen LogP contribution < -0.4 is 15.5 Å². The quantitative estimate of drug-likeness (QED) is 0.690. The Bertz CT molecular complexity index is 516. The second-order valence-corrected chi connectivity index (χ2v) is 4.10. The second kappa shape index (κ2) is 7.13. The fourth-order valence-corrected chi connectivity index (χ4v) is 1.58. The molecule has 108 valence electrons. The van der Waals surface area contributed by atoms with E-state index in [9.17, 15) is 14.4 Å². The number of rotatable bonds is 5. The van der Waals surface area contributed by atoms with Crippen molar-refractivity contribution in [2.45, 2.75) is 6.92 Å². The summed E-state index contributed by atoms with van der Waals surface area (Å²) in [6.07, 6.45) is 0. The summed E-state index contributed by atoms with van der Waals surface area (Å²) in [7, 11) is 1.48. The van der Waals surface area contributed by atoms with E-state index in [4.69, 9.17) is 5.11 Å². The van der Waals surface area contributed by atoms with Crippen LogP contribution >= 0.6 is 0 Å². The minimum Gasteiger partial charge on any atom is -0.478 e. The molecule has 0 bridgehead atoms. The molecule has 0 fully saturated rings. The predicted octanol–water partition coefficient (Wildman–Crippen LogP) is 0.667. The van der Waals surface area contributed by atoms with Crippen LogP contribution in [0, 0.1) is 0 Å². The van der Waals surface area contributed by atoms with Gasteiger partial charge in [0.2, 0.25) is 5.91 Å². The maximum atomic E-state index is 11.9. The maximum Gasteiger partial charge on any atom is 0.337 e. The highest BCUT2D eigenvalue weighted by Gasteiger charge is 2.17. The molecule has 0 aliphatic carbocycles. The molecule has 1 rings (SSSR count). The first-order valence-corrected chi connectivity index (χ1v) is 6.01. The Morgan fingerprint density at radius 3 is 2.35 bits per heavy atom. The molecule has 0 aliphatic rings. The summed E-state index contributed by atoms with van der Waals surface area (Å²) in [5, 5.41) is 14.2. The lowest BCUT2D eigenvalue weighted by Crippen LogP contribution is -2.41. The molecule has 0 unspecified atom stereocenters. The van der Waals surface area contributed by atoms with Gasteiger partial charge < -0.3 is 15.7 Å². The molecule has 0 saturated heterocycles. The molecular weight excluding hydrogens is 262 g/mol. The minimum absolute atomic E-state index is 0.0482. The number of carboxylic acid groups (broad SMARTS) is 1. The van der Waals surface area contributed by atoms with Gasteiger partial charge >= 0.3 is 12.0 Å². The van der Waals surface area contributed by atoms with Crippen molar-refractivity contribution in [1.29, 1.82) is 0 Å². The molecule has 0 atom stereocenters. The highest BCUT2D eigenvalue weighted by Crippen LogP contribution is 2.18. The van der Waals surface area contributed by atoms with Crippen LogP contribution in [0.3, 0.4) is 0 Å². The number of benzene rings is 1. The van der Waals surface area contributed by atoms with E-state index in [0.29, 0.717) is 12.2 Å². The Kier molecular flexibility index (Phi) is 5.52. The Morgan fingerprint density at radius 1 is 1.15 bits per heavy atom. The molecule has 3 amide bonds. The summed E-state index contributed by atoms with van der Waals surface area (Å²) in [5.74, 6) is -1.28. The predicted molar refractivity (Wildman–Crippen MR) is 73.9 cm³/mol. The van der Waals surface area contributed by atoms with E-state index in [1.165, 1.54) is 24.9 Å². The van der Waals surface area contributed by atoms with Gasteiger partial charge in [0.25, 0.3) is 0 Å². The minimum atomic E-state index is -1.10. The number of anilines is 1. The van der Waals surface area contributed by atoms with Crippen molar-refractivity contribution in [1.82, 2.24) is 10.6 Å². The molecule has 0 aliphatic heterocycles. The number of amides is 3. The van der Waals surface area contributed by atoms with Crippen LogP contribution in [-0.4, -0.2) is 43.2 Å². The third-order valence-corrected chi connectivity index (χ3v) is 2.58. The summed E-state index contributed by atoms with van der Waals surface area (Å²) in [4.78, 5) is 34.8. The number of carbonyl (C=O) groups is 3. The lowest BCUT2D eigenvalue weighted by atomic mass is 10.1. The summed E-state index contributed by atoms with van der Waals surface area (Å²) >= 11 is 0. The molecule has 7 heteroatoms. The first-order chi connectivity index (χ1) is 9.43. The van der Waals surface area contributed by atoms with Crippen molar-refractivity contribution < 1.29 is 19.5 Å². The van der Waals surface area contributed by atoms with Crippen molar-refractivity contribution >= 4 is 23.6 Å². The Labute approximate surface area is 116 Å². The lowest BCUT2D eigenvalue weighted by Gasteiger charge is -2.19. The SMILES string of the molecule is CC(=O)NCCNC(=O)N(C)c1ccccc1C(=O)O. The number of carboxylic acids is 1. The Morgan fingerprint density at radius 2 is 1.75 bits per heavy atom. The zero-order valence-corrected chi connectivity index (χ0v) is 11.3. The number of nitrogens with zero attached hydrogens (tertiary/aromatic N) is 1. The smallest absolute Gasteiger partial charge is 0.337 e. The van der Waals surface area contributed by atoms with E-state index in [-0.39, 0.29) is 18.0 Å². The normalized spacial score (nSPS) is 9.70. The van der Waals surface area contributed by atoms with Gasteiger partial charge in [0.1, 0.15) is 0 Å². The van der Waals surface area contributed by atoms with Crippen molar-refractivity contribution in [3.05, 3.63) is 29.8 Å². The average molecular weight is 279 g/mol. The largest absolute Gasteiger partial charge is 0.478 e. The lowest BCUT2D eigenvalue weighted by molar-refractivity contribution is -0.118. The molecule has 3 N–H and O–H groups in total. The van der Waals surface area contributed by atoms with E-state index in [0.717, 1.165) is 0 Å². The van der Waals surface area contributed by atoms with Crippen molar-refractivity contribution in [3.8, 4) is 0 Å². The number of nitrogens with one attached hydrogen (secondary N) is 2. The first kappa shape index (κ1) is 15.5. The monoisotopic (exact) mass is 279 g/mol. The third-order valence-electron chi connectivity index (χ3n) is 2.58. The first-order valence-electron chi connectivity index (χ1n) is 6.01. The molecule has 1 aromatic rings. The van der Waals surface area contributed by atoms with Crippen LogP contribution in [0.2, 0.25) is 0 Å². The zero-order chi connectivity index (χ0) is 15.1. The average Bonchev–Trinajstić information content (AvgIpc) is 2.42. The number of para-hydroxylation sites is 1. The molecule has 20 heavy (non-hydrogen) atoms. The topological polar surface area (TPSA) is 98.7 Å². The van der Waals surface area contributed by atoms with Gasteiger partial charge in [-0.2, -0.15) is 0 Å². The molecular formula is C13H17N3O4. The third kappa shape index (κ3) is 4.27. The van der Waals surface area contributed by atoms with Crippen LogP contribution in [-0.2, 0) is 4.79 Å². The van der Waals surface area contributed by atoms with Crippen LogP contribution in [0.15, 0.2) is 24.3 Å². The van der Waals surface area contributed by atoms with Gasteiger partial charge in [-0.25, -0.2) is 9.59 Å².